The Balaban J connectivity index is 1.76. The molecule has 0 aromatic carbocycles. The smallest absolute Gasteiger partial charge is 0.323 e. The van der Waals surface area contributed by atoms with Gasteiger partial charge in [-0.15, -0.1) is 0 Å². The van der Waals surface area contributed by atoms with E-state index >= 15 is 0 Å². The second-order valence-electron chi connectivity index (χ2n) is 4.64. The van der Waals surface area contributed by atoms with Crippen LogP contribution < -0.4 is 5.32 Å². The molecule has 0 saturated heterocycles. The van der Waals surface area contributed by atoms with E-state index in [1.807, 2.05) is 13.8 Å². The number of thioether (sulfide) groups is 1. The number of hydrogen-bond donors (Lipinski definition) is 1. The molecule has 0 bridgehead atoms. The third-order valence-corrected chi connectivity index (χ3v) is 3.69. The molecule has 1 aliphatic rings. The van der Waals surface area contributed by atoms with Gasteiger partial charge >= 0.3 is 5.97 Å². The summed E-state index contributed by atoms with van der Waals surface area (Å²) in [5, 5.41) is 3.99. The van der Waals surface area contributed by atoms with Crippen LogP contribution in [0.4, 0.5) is 0 Å². The predicted octanol–water partition coefficient (Wildman–Crippen LogP) is 2.15. The molecule has 1 saturated carbocycles. The maximum atomic E-state index is 11.8. The zero-order valence-electron chi connectivity index (χ0n) is 11.3. The molecule has 1 aromatic heterocycles. The van der Waals surface area contributed by atoms with Gasteiger partial charge in [0, 0.05) is 11.8 Å². The van der Waals surface area contributed by atoms with Crippen molar-refractivity contribution in [2.24, 2.45) is 0 Å². The number of hydrogen-bond acceptors (Lipinski definition) is 6. The van der Waals surface area contributed by atoms with Gasteiger partial charge in [-0.05, 0) is 33.1 Å². The van der Waals surface area contributed by atoms with Crippen LogP contribution in [0.3, 0.4) is 0 Å². The van der Waals surface area contributed by atoms with Crippen LogP contribution in [-0.2, 0) is 9.53 Å². The highest BCUT2D eigenvalue weighted by molar-refractivity contribution is 7.99. The van der Waals surface area contributed by atoms with Crippen molar-refractivity contribution in [3.8, 4) is 0 Å². The van der Waals surface area contributed by atoms with Gasteiger partial charge in [0.1, 0.15) is 12.3 Å². The van der Waals surface area contributed by atoms with E-state index in [-0.39, 0.29) is 12.0 Å². The van der Waals surface area contributed by atoms with Crippen molar-refractivity contribution in [2.75, 3.05) is 12.4 Å². The Hall–Kier alpha value is -1.01. The topological polar surface area (TPSA) is 64.4 Å². The fraction of sp³-hybridized carbons (Fsp3) is 0.692. The highest BCUT2D eigenvalue weighted by Crippen LogP contribution is 2.22. The standard InChI is InChI=1S/C13H20N2O3S/c1-3-17-12(16)11(15-10-4-5-10)6-7-19-13-14-9(2)8-18-13/h8,10-11,15H,3-7H2,1-2H3. The fourth-order valence-corrected chi connectivity index (χ4v) is 2.56. The number of rotatable bonds is 8. The molecule has 106 valence electrons. The van der Waals surface area contributed by atoms with E-state index in [0.717, 1.165) is 30.7 Å². The van der Waals surface area contributed by atoms with Crippen LogP contribution >= 0.6 is 11.8 Å². The highest BCUT2D eigenvalue weighted by Gasteiger charge is 2.28. The fourth-order valence-electron chi connectivity index (χ4n) is 1.71. The SMILES string of the molecule is CCOC(=O)C(CCSc1nc(C)co1)NC1CC1. The van der Waals surface area contributed by atoms with Gasteiger partial charge in [-0.3, -0.25) is 4.79 Å². The van der Waals surface area contributed by atoms with Crippen molar-refractivity contribution < 1.29 is 13.9 Å². The normalized spacial score (nSPS) is 16.3. The molecule has 0 amide bonds. The van der Waals surface area contributed by atoms with Gasteiger partial charge in [0.2, 0.25) is 0 Å². The summed E-state index contributed by atoms with van der Waals surface area (Å²) in [6.07, 6.45) is 4.67. The van der Waals surface area contributed by atoms with Crippen LogP contribution in [-0.4, -0.2) is 35.4 Å². The van der Waals surface area contributed by atoms with Crippen molar-refractivity contribution in [3.05, 3.63) is 12.0 Å². The van der Waals surface area contributed by atoms with Gasteiger partial charge in [-0.2, -0.15) is 0 Å². The molecule has 5 nitrogen and oxygen atoms in total. The largest absolute Gasteiger partial charge is 0.465 e. The molecule has 1 atom stereocenters. The lowest BCUT2D eigenvalue weighted by atomic mass is 10.2. The zero-order chi connectivity index (χ0) is 13.7. The van der Waals surface area contributed by atoms with E-state index in [9.17, 15) is 4.79 Å². The van der Waals surface area contributed by atoms with Crippen LogP contribution in [0.5, 0.6) is 0 Å². The van der Waals surface area contributed by atoms with E-state index in [1.54, 1.807) is 6.26 Å². The second-order valence-corrected chi connectivity index (χ2v) is 5.68. The van der Waals surface area contributed by atoms with Crippen molar-refractivity contribution in [3.63, 3.8) is 0 Å². The summed E-state index contributed by atoms with van der Waals surface area (Å²) in [7, 11) is 0. The third kappa shape index (κ3) is 4.87. The highest BCUT2D eigenvalue weighted by atomic mass is 32.2. The summed E-state index contributed by atoms with van der Waals surface area (Å²) in [5.41, 5.74) is 0.876. The maximum Gasteiger partial charge on any atom is 0.323 e. The number of ether oxygens (including phenoxy) is 1. The quantitative estimate of drug-likeness (QED) is 0.583. The van der Waals surface area contributed by atoms with Crippen LogP contribution in [0.15, 0.2) is 15.9 Å². The number of esters is 1. The second kappa shape index (κ2) is 6.96. The Morgan fingerprint density at radius 3 is 3.05 bits per heavy atom. The molecule has 1 unspecified atom stereocenters. The number of carbonyl (C=O) groups is 1. The first-order valence-electron chi connectivity index (χ1n) is 6.66. The van der Waals surface area contributed by atoms with Gasteiger partial charge in [-0.25, -0.2) is 4.98 Å². The molecule has 1 aliphatic carbocycles. The Morgan fingerprint density at radius 2 is 2.47 bits per heavy atom. The Bertz CT molecular complexity index is 418. The first kappa shape index (κ1) is 14.4. The Morgan fingerprint density at radius 1 is 1.68 bits per heavy atom. The predicted molar refractivity (Wildman–Crippen MR) is 73.2 cm³/mol. The van der Waals surface area contributed by atoms with E-state index in [2.05, 4.69) is 10.3 Å². The Labute approximate surface area is 117 Å². The molecule has 0 aliphatic heterocycles. The lowest BCUT2D eigenvalue weighted by Crippen LogP contribution is -2.39. The molecule has 1 N–H and O–H groups in total. The number of nitrogens with one attached hydrogen (secondary N) is 1. The Kier molecular flexibility index (Phi) is 5.27. The van der Waals surface area contributed by atoms with Gasteiger partial charge in [0.05, 0.1) is 12.3 Å². The third-order valence-electron chi connectivity index (χ3n) is 2.82. The molecule has 19 heavy (non-hydrogen) atoms. The van der Waals surface area contributed by atoms with E-state index in [0.29, 0.717) is 17.9 Å². The number of aromatic nitrogens is 1. The van der Waals surface area contributed by atoms with E-state index in [4.69, 9.17) is 9.15 Å². The van der Waals surface area contributed by atoms with Crippen LogP contribution in [0.1, 0.15) is 31.9 Å². The monoisotopic (exact) mass is 284 g/mol. The molecule has 1 fully saturated rings. The number of carbonyl (C=O) groups excluding carboxylic acids is 1. The molecule has 6 heteroatoms. The van der Waals surface area contributed by atoms with Crippen molar-refractivity contribution >= 4 is 17.7 Å². The molecule has 1 aromatic rings. The van der Waals surface area contributed by atoms with Crippen molar-refractivity contribution in [1.82, 2.24) is 10.3 Å². The van der Waals surface area contributed by atoms with Crippen LogP contribution in [0, 0.1) is 6.92 Å². The van der Waals surface area contributed by atoms with Gasteiger partial charge in [-0.1, -0.05) is 11.8 Å². The summed E-state index contributed by atoms with van der Waals surface area (Å²) in [4.78, 5) is 16.0. The average molecular weight is 284 g/mol. The first-order chi connectivity index (χ1) is 9.19. The zero-order valence-corrected chi connectivity index (χ0v) is 12.2. The minimum Gasteiger partial charge on any atom is -0.465 e. The average Bonchev–Trinajstić information content (AvgIpc) is 3.10. The lowest BCUT2D eigenvalue weighted by molar-refractivity contribution is -0.145. The lowest BCUT2D eigenvalue weighted by Gasteiger charge is -2.16. The summed E-state index contributed by atoms with van der Waals surface area (Å²) in [6, 6.07) is 0.277. The van der Waals surface area contributed by atoms with E-state index < -0.39 is 0 Å². The van der Waals surface area contributed by atoms with Gasteiger partial charge in [0.15, 0.2) is 0 Å². The van der Waals surface area contributed by atoms with Gasteiger partial charge < -0.3 is 14.5 Å². The summed E-state index contributed by atoms with van der Waals surface area (Å²) >= 11 is 1.53. The summed E-state index contributed by atoms with van der Waals surface area (Å²) in [5.74, 6) is 0.627. The molecule has 2 rings (SSSR count). The summed E-state index contributed by atoms with van der Waals surface area (Å²) in [6.45, 7) is 4.15. The minimum atomic E-state index is -0.212. The van der Waals surface area contributed by atoms with Gasteiger partial charge in [0.25, 0.3) is 5.22 Å². The molecular formula is C13H20N2O3S. The maximum absolute atomic E-state index is 11.8. The summed E-state index contributed by atoms with van der Waals surface area (Å²) < 4.78 is 10.4. The molecule has 0 radical (unpaired) electrons. The number of aryl methyl sites for hydroxylation is 1. The first-order valence-corrected chi connectivity index (χ1v) is 7.65. The van der Waals surface area contributed by atoms with Crippen LogP contribution in [0.25, 0.3) is 0 Å². The van der Waals surface area contributed by atoms with Crippen LogP contribution in [0.2, 0.25) is 0 Å². The molecular weight excluding hydrogens is 264 g/mol. The molecule has 0 spiro atoms. The molecule has 1 heterocycles. The number of oxazole rings is 1. The number of nitrogens with zero attached hydrogens (tertiary/aromatic N) is 1. The van der Waals surface area contributed by atoms with Crippen molar-refractivity contribution in [1.29, 1.82) is 0 Å². The minimum absolute atomic E-state index is 0.154. The van der Waals surface area contributed by atoms with Crippen molar-refractivity contribution in [2.45, 2.75) is 50.4 Å². The van der Waals surface area contributed by atoms with E-state index in [1.165, 1.54) is 11.8 Å².